The molecule has 0 fully saturated rings. The Morgan fingerprint density at radius 1 is 1.10 bits per heavy atom. The number of carbonyl (C=O) groups is 2. The molecule has 0 unspecified atom stereocenters. The van der Waals surface area contributed by atoms with Crippen molar-refractivity contribution in [3.05, 3.63) is 35.6 Å². The minimum Gasteiger partial charge on any atom is -0.469 e. The highest BCUT2D eigenvalue weighted by Gasteiger charge is 2.15. The summed E-state index contributed by atoms with van der Waals surface area (Å²) in [6.07, 6.45) is 0.0353. The Labute approximate surface area is 123 Å². The van der Waals surface area contributed by atoms with E-state index < -0.39 is 21.6 Å². The maximum atomic E-state index is 12.7. The highest BCUT2D eigenvalue weighted by atomic mass is 32.2. The van der Waals surface area contributed by atoms with Gasteiger partial charge in [-0.2, -0.15) is 0 Å². The lowest BCUT2D eigenvalue weighted by atomic mass is 10.1. The molecule has 7 heteroatoms. The zero-order chi connectivity index (χ0) is 15.9. The number of esters is 1. The molecule has 0 aliphatic heterocycles. The SMILES string of the molecule is COC(=O)CCS(=O)(=O)CCCC(=O)c1ccc(F)cc1. The van der Waals surface area contributed by atoms with Crippen LogP contribution in [0.2, 0.25) is 0 Å². The van der Waals surface area contributed by atoms with Gasteiger partial charge in [0.2, 0.25) is 0 Å². The predicted molar refractivity (Wildman–Crippen MR) is 75.3 cm³/mol. The van der Waals surface area contributed by atoms with Gasteiger partial charge in [-0.3, -0.25) is 9.59 Å². The lowest BCUT2D eigenvalue weighted by molar-refractivity contribution is -0.140. The van der Waals surface area contributed by atoms with E-state index in [1.54, 1.807) is 0 Å². The molecular weight excluding hydrogens is 299 g/mol. The summed E-state index contributed by atoms with van der Waals surface area (Å²) < 4.78 is 40.4. The molecule has 1 aromatic carbocycles. The standard InChI is InChI=1S/C14H17FO5S/c1-20-14(17)8-10-21(18,19)9-2-3-13(16)11-4-6-12(15)7-5-11/h4-7H,2-3,8-10H2,1H3. The summed E-state index contributed by atoms with van der Waals surface area (Å²) in [6, 6.07) is 5.09. The maximum Gasteiger partial charge on any atom is 0.306 e. The summed E-state index contributed by atoms with van der Waals surface area (Å²) >= 11 is 0. The zero-order valence-corrected chi connectivity index (χ0v) is 12.5. The molecule has 1 aromatic rings. The van der Waals surface area contributed by atoms with Crippen molar-refractivity contribution in [2.24, 2.45) is 0 Å². The van der Waals surface area contributed by atoms with Gasteiger partial charge in [0.1, 0.15) is 5.82 Å². The van der Waals surface area contributed by atoms with Crippen LogP contribution < -0.4 is 0 Å². The van der Waals surface area contributed by atoms with Crippen LogP contribution >= 0.6 is 0 Å². The quantitative estimate of drug-likeness (QED) is 0.539. The first-order valence-electron chi connectivity index (χ1n) is 6.40. The average molecular weight is 316 g/mol. The van der Waals surface area contributed by atoms with Crippen LogP contribution in [0, 0.1) is 5.82 Å². The van der Waals surface area contributed by atoms with Crippen LogP contribution in [0.3, 0.4) is 0 Å². The lowest BCUT2D eigenvalue weighted by Gasteiger charge is -2.04. The fourth-order valence-electron chi connectivity index (χ4n) is 1.68. The van der Waals surface area contributed by atoms with Crippen molar-refractivity contribution < 1.29 is 27.1 Å². The van der Waals surface area contributed by atoms with Crippen molar-refractivity contribution >= 4 is 21.6 Å². The maximum absolute atomic E-state index is 12.7. The zero-order valence-electron chi connectivity index (χ0n) is 11.7. The van der Waals surface area contributed by atoms with E-state index in [1.807, 2.05) is 0 Å². The van der Waals surface area contributed by atoms with Crippen molar-refractivity contribution in [3.63, 3.8) is 0 Å². The van der Waals surface area contributed by atoms with Gasteiger partial charge < -0.3 is 4.74 Å². The first kappa shape index (κ1) is 17.3. The van der Waals surface area contributed by atoms with E-state index >= 15 is 0 Å². The van der Waals surface area contributed by atoms with E-state index in [-0.39, 0.29) is 36.6 Å². The molecule has 0 aromatic heterocycles. The molecule has 0 amide bonds. The highest BCUT2D eigenvalue weighted by Crippen LogP contribution is 2.09. The third-order valence-corrected chi connectivity index (χ3v) is 4.61. The fraction of sp³-hybridized carbons (Fsp3) is 0.429. The highest BCUT2D eigenvalue weighted by molar-refractivity contribution is 7.91. The van der Waals surface area contributed by atoms with Gasteiger partial charge in [-0.1, -0.05) is 0 Å². The second kappa shape index (κ2) is 7.87. The Morgan fingerprint density at radius 2 is 1.71 bits per heavy atom. The molecule has 1 rings (SSSR count). The van der Waals surface area contributed by atoms with Crippen LogP contribution in [-0.2, 0) is 19.4 Å². The summed E-state index contributed by atoms with van der Waals surface area (Å²) in [7, 11) is -2.19. The van der Waals surface area contributed by atoms with Crippen molar-refractivity contribution in [1.82, 2.24) is 0 Å². The minimum atomic E-state index is -3.38. The van der Waals surface area contributed by atoms with Gasteiger partial charge in [-0.15, -0.1) is 0 Å². The normalized spacial score (nSPS) is 11.1. The number of ketones is 1. The number of rotatable bonds is 8. The molecular formula is C14H17FO5S. The Bertz CT molecular complexity index is 592. The summed E-state index contributed by atoms with van der Waals surface area (Å²) in [5.41, 5.74) is 0.350. The van der Waals surface area contributed by atoms with Crippen molar-refractivity contribution in [3.8, 4) is 0 Å². The molecule has 0 heterocycles. The van der Waals surface area contributed by atoms with Crippen LogP contribution in [0.15, 0.2) is 24.3 Å². The Balaban J connectivity index is 2.40. The first-order chi connectivity index (χ1) is 9.84. The van der Waals surface area contributed by atoms with E-state index in [4.69, 9.17) is 0 Å². The number of Topliss-reactive ketones (excluding diaryl/α,β-unsaturated/α-hetero) is 1. The predicted octanol–water partition coefficient (Wildman–Crippen LogP) is 1.77. The largest absolute Gasteiger partial charge is 0.469 e. The van der Waals surface area contributed by atoms with Crippen molar-refractivity contribution in [2.75, 3.05) is 18.6 Å². The molecule has 0 saturated carbocycles. The lowest BCUT2D eigenvalue weighted by Crippen LogP contribution is -2.16. The number of hydrogen-bond donors (Lipinski definition) is 0. The van der Waals surface area contributed by atoms with Gasteiger partial charge in [0, 0.05) is 12.0 Å². The van der Waals surface area contributed by atoms with Gasteiger partial charge in [0.25, 0.3) is 0 Å². The number of halogens is 1. The van der Waals surface area contributed by atoms with E-state index in [1.165, 1.54) is 31.4 Å². The van der Waals surface area contributed by atoms with E-state index in [2.05, 4.69) is 4.74 Å². The van der Waals surface area contributed by atoms with E-state index in [0.29, 0.717) is 5.56 Å². The molecule has 0 radical (unpaired) electrons. The van der Waals surface area contributed by atoms with E-state index in [9.17, 15) is 22.4 Å². The number of carbonyl (C=O) groups excluding carboxylic acids is 2. The molecule has 0 bridgehead atoms. The van der Waals surface area contributed by atoms with Crippen molar-refractivity contribution in [1.29, 1.82) is 0 Å². The minimum absolute atomic E-state index is 0.0586. The Morgan fingerprint density at radius 3 is 2.29 bits per heavy atom. The van der Waals surface area contributed by atoms with Gasteiger partial charge >= 0.3 is 5.97 Å². The van der Waals surface area contributed by atoms with Crippen LogP contribution in [0.25, 0.3) is 0 Å². The molecule has 0 N–H and O–H groups in total. The number of hydrogen-bond acceptors (Lipinski definition) is 5. The summed E-state index contributed by atoms with van der Waals surface area (Å²) in [5, 5.41) is 0. The molecule has 5 nitrogen and oxygen atoms in total. The number of benzene rings is 1. The molecule has 0 atom stereocenters. The first-order valence-corrected chi connectivity index (χ1v) is 8.22. The molecule has 0 aliphatic carbocycles. The Kier molecular flexibility index (Phi) is 6.48. The third-order valence-electron chi connectivity index (χ3n) is 2.87. The second-order valence-corrected chi connectivity index (χ2v) is 6.82. The molecule has 0 aliphatic rings. The van der Waals surface area contributed by atoms with Crippen LogP contribution in [0.1, 0.15) is 29.6 Å². The third kappa shape index (κ3) is 6.48. The van der Waals surface area contributed by atoms with Crippen LogP contribution in [-0.4, -0.2) is 38.8 Å². The topological polar surface area (TPSA) is 77.5 Å². The summed E-state index contributed by atoms with van der Waals surface area (Å²) in [4.78, 5) is 22.6. The van der Waals surface area contributed by atoms with Crippen LogP contribution in [0.4, 0.5) is 4.39 Å². The van der Waals surface area contributed by atoms with Crippen LogP contribution in [0.5, 0.6) is 0 Å². The Hall–Kier alpha value is -1.76. The van der Waals surface area contributed by atoms with Gasteiger partial charge in [-0.05, 0) is 30.7 Å². The van der Waals surface area contributed by atoms with Crippen molar-refractivity contribution in [2.45, 2.75) is 19.3 Å². The molecule has 21 heavy (non-hydrogen) atoms. The molecule has 0 spiro atoms. The summed E-state index contributed by atoms with van der Waals surface area (Å²) in [6.45, 7) is 0. The van der Waals surface area contributed by atoms with Gasteiger partial charge in [-0.25, -0.2) is 12.8 Å². The average Bonchev–Trinajstić information content (AvgIpc) is 2.45. The second-order valence-electron chi connectivity index (χ2n) is 4.51. The molecule has 116 valence electrons. The van der Waals surface area contributed by atoms with E-state index in [0.717, 1.165) is 0 Å². The van der Waals surface area contributed by atoms with Gasteiger partial charge in [0.15, 0.2) is 15.6 Å². The fourth-order valence-corrected chi connectivity index (χ4v) is 2.94. The number of sulfone groups is 1. The summed E-state index contributed by atoms with van der Waals surface area (Å²) in [5.74, 6) is -1.71. The molecule has 0 saturated heterocycles. The smallest absolute Gasteiger partial charge is 0.306 e. The number of methoxy groups -OCH3 is 1. The monoisotopic (exact) mass is 316 g/mol. The number of ether oxygens (including phenoxy) is 1. The van der Waals surface area contributed by atoms with Gasteiger partial charge in [0.05, 0.1) is 25.0 Å².